The highest BCUT2D eigenvalue weighted by molar-refractivity contribution is 4.49. The van der Waals surface area contributed by atoms with Crippen LogP contribution in [0.4, 0.5) is 0 Å². The smallest absolute Gasteiger partial charge is 0.189 e. The number of hydrogen-bond acceptors (Lipinski definition) is 3. The standard InChI is InChI=1S/C6H12O3/c1-3-8-5-6(7)9-4-2/h3,6-7H,1,4-5H2,2H3. The van der Waals surface area contributed by atoms with Crippen molar-refractivity contribution in [2.75, 3.05) is 13.2 Å². The summed E-state index contributed by atoms with van der Waals surface area (Å²) in [7, 11) is 0. The van der Waals surface area contributed by atoms with E-state index in [1.807, 2.05) is 0 Å². The van der Waals surface area contributed by atoms with E-state index in [2.05, 4.69) is 11.3 Å². The fourth-order valence-electron chi connectivity index (χ4n) is 0.391. The van der Waals surface area contributed by atoms with Crippen LogP contribution in [0.3, 0.4) is 0 Å². The van der Waals surface area contributed by atoms with Gasteiger partial charge in [0.1, 0.15) is 6.61 Å². The molecule has 1 unspecified atom stereocenters. The molecule has 0 aliphatic rings. The molecule has 9 heavy (non-hydrogen) atoms. The minimum atomic E-state index is -0.826. The Morgan fingerprint density at radius 1 is 1.78 bits per heavy atom. The van der Waals surface area contributed by atoms with E-state index in [1.165, 1.54) is 6.26 Å². The molecule has 0 aromatic carbocycles. The zero-order valence-electron chi connectivity index (χ0n) is 5.54. The molecular weight excluding hydrogens is 120 g/mol. The molecule has 0 aromatic heterocycles. The highest BCUT2D eigenvalue weighted by Crippen LogP contribution is 1.87. The molecule has 0 aliphatic carbocycles. The molecule has 0 spiro atoms. The van der Waals surface area contributed by atoms with E-state index in [9.17, 15) is 0 Å². The predicted octanol–water partition coefficient (Wildman–Crippen LogP) is 0.501. The molecule has 0 saturated carbocycles. The first-order chi connectivity index (χ1) is 4.31. The van der Waals surface area contributed by atoms with Gasteiger partial charge in [-0.1, -0.05) is 6.58 Å². The third-order valence-corrected chi connectivity index (χ3v) is 0.716. The lowest BCUT2D eigenvalue weighted by atomic mass is 10.7. The third-order valence-electron chi connectivity index (χ3n) is 0.716. The maximum atomic E-state index is 8.79. The number of ether oxygens (including phenoxy) is 2. The van der Waals surface area contributed by atoms with E-state index in [0.29, 0.717) is 6.61 Å². The van der Waals surface area contributed by atoms with Crippen LogP contribution < -0.4 is 0 Å². The highest BCUT2D eigenvalue weighted by atomic mass is 16.6. The van der Waals surface area contributed by atoms with E-state index in [-0.39, 0.29) is 6.61 Å². The van der Waals surface area contributed by atoms with Gasteiger partial charge in [-0.3, -0.25) is 0 Å². The zero-order valence-corrected chi connectivity index (χ0v) is 5.54. The molecule has 0 heterocycles. The molecule has 0 bridgehead atoms. The molecule has 0 aromatic rings. The van der Waals surface area contributed by atoms with Crippen LogP contribution in [0.1, 0.15) is 6.92 Å². The van der Waals surface area contributed by atoms with Gasteiger partial charge in [-0.05, 0) is 6.92 Å². The summed E-state index contributed by atoms with van der Waals surface area (Å²) in [5, 5.41) is 8.79. The van der Waals surface area contributed by atoms with Gasteiger partial charge in [-0.25, -0.2) is 0 Å². The maximum absolute atomic E-state index is 8.79. The van der Waals surface area contributed by atoms with Crippen LogP contribution >= 0.6 is 0 Å². The Hall–Kier alpha value is -0.540. The molecule has 1 N–H and O–H groups in total. The van der Waals surface area contributed by atoms with Gasteiger partial charge in [0.25, 0.3) is 0 Å². The first-order valence-electron chi connectivity index (χ1n) is 2.83. The Morgan fingerprint density at radius 3 is 2.89 bits per heavy atom. The van der Waals surface area contributed by atoms with Crippen molar-refractivity contribution < 1.29 is 14.6 Å². The molecule has 0 saturated heterocycles. The normalized spacial score (nSPS) is 12.7. The van der Waals surface area contributed by atoms with Crippen molar-refractivity contribution in [2.45, 2.75) is 13.2 Å². The molecule has 54 valence electrons. The summed E-state index contributed by atoms with van der Waals surface area (Å²) in [6, 6.07) is 0. The second-order valence-electron chi connectivity index (χ2n) is 1.41. The minimum Gasteiger partial charge on any atom is -0.497 e. The van der Waals surface area contributed by atoms with Crippen molar-refractivity contribution in [1.82, 2.24) is 0 Å². The van der Waals surface area contributed by atoms with Crippen LogP contribution in [0.5, 0.6) is 0 Å². The second kappa shape index (κ2) is 5.59. The molecular formula is C6H12O3. The van der Waals surface area contributed by atoms with Crippen LogP contribution in [-0.4, -0.2) is 24.6 Å². The Morgan fingerprint density at radius 2 is 2.44 bits per heavy atom. The molecule has 0 radical (unpaired) electrons. The quantitative estimate of drug-likeness (QED) is 0.437. The fourth-order valence-corrected chi connectivity index (χ4v) is 0.391. The Labute approximate surface area is 54.9 Å². The molecule has 0 aliphatic heterocycles. The Bertz CT molecular complexity index is 72.7. The van der Waals surface area contributed by atoms with Crippen LogP contribution in [0.15, 0.2) is 12.8 Å². The van der Waals surface area contributed by atoms with Crippen molar-refractivity contribution in [2.24, 2.45) is 0 Å². The van der Waals surface area contributed by atoms with E-state index in [0.717, 1.165) is 0 Å². The third kappa shape index (κ3) is 5.33. The SMILES string of the molecule is C=COCC(O)OCC. The molecule has 0 amide bonds. The maximum Gasteiger partial charge on any atom is 0.189 e. The summed E-state index contributed by atoms with van der Waals surface area (Å²) >= 11 is 0. The topological polar surface area (TPSA) is 38.7 Å². The summed E-state index contributed by atoms with van der Waals surface area (Å²) < 4.78 is 9.36. The van der Waals surface area contributed by atoms with Gasteiger partial charge in [0.15, 0.2) is 6.29 Å². The predicted molar refractivity (Wildman–Crippen MR) is 33.8 cm³/mol. The van der Waals surface area contributed by atoms with Crippen molar-refractivity contribution in [1.29, 1.82) is 0 Å². The molecule has 1 atom stereocenters. The van der Waals surface area contributed by atoms with Gasteiger partial charge in [0.05, 0.1) is 6.26 Å². The summed E-state index contributed by atoms with van der Waals surface area (Å²) in [6.07, 6.45) is 0.440. The summed E-state index contributed by atoms with van der Waals surface area (Å²) in [4.78, 5) is 0. The lowest BCUT2D eigenvalue weighted by molar-refractivity contribution is -0.122. The number of hydrogen-bond donors (Lipinski definition) is 1. The minimum absolute atomic E-state index is 0.150. The van der Waals surface area contributed by atoms with Gasteiger partial charge in [0.2, 0.25) is 0 Å². The van der Waals surface area contributed by atoms with E-state index in [1.54, 1.807) is 6.92 Å². The van der Waals surface area contributed by atoms with Crippen LogP contribution in [0.25, 0.3) is 0 Å². The zero-order chi connectivity index (χ0) is 7.11. The van der Waals surface area contributed by atoms with Crippen molar-refractivity contribution >= 4 is 0 Å². The van der Waals surface area contributed by atoms with Crippen molar-refractivity contribution in [3.8, 4) is 0 Å². The van der Waals surface area contributed by atoms with Gasteiger partial charge < -0.3 is 14.6 Å². The number of aliphatic hydroxyl groups excluding tert-OH is 1. The van der Waals surface area contributed by atoms with Crippen molar-refractivity contribution in [3.05, 3.63) is 12.8 Å². The molecule has 3 nitrogen and oxygen atoms in total. The van der Waals surface area contributed by atoms with Gasteiger partial charge in [-0.15, -0.1) is 0 Å². The van der Waals surface area contributed by atoms with E-state index in [4.69, 9.17) is 9.84 Å². The van der Waals surface area contributed by atoms with E-state index < -0.39 is 6.29 Å². The molecule has 0 rings (SSSR count). The van der Waals surface area contributed by atoms with Crippen LogP contribution in [-0.2, 0) is 9.47 Å². The Balaban J connectivity index is 3.04. The van der Waals surface area contributed by atoms with Crippen LogP contribution in [0, 0.1) is 0 Å². The average molecular weight is 132 g/mol. The Kier molecular flexibility index (Phi) is 5.26. The van der Waals surface area contributed by atoms with Gasteiger partial charge in [0, 0.05) is 6.61 Å². The fraction of sp³-hybridized carbons (Fsp3) is 0.667. The lowest BCUT2D eigenvalue weighted by Gasteiger charge is -2.08. The molecule has 3 heteroatoms. The first-order valence-corrected chi connectivity index (χ1v) is 2.83. The molecule has 0 fully saturated rings. The number of aliphatic hydroxyl groups is 1. The summed E-state index contributed by atoms with van der Waals surface area (Å²) in [6.45, 7) is 5.74. The van der Waals surface area contributed by atoms with Crippen LogP contribution in [0.2, 0.25) is 0 Å². The monoisotopic (exact) mass is 132 g/mol. The highest BCUT2D eigenvalue weighted by Gasteiger charge is 1.99. The number of rotatable bonds is 5. The van der Waals surface area contributed by atoms with Crippen molar-refractivity contribution in [3.63, 3.8) is 0 Å². The average Bonchev–Trinajstić information content (AvgIpc) is 1.85. The summed E-state index contributed by atoms with van der Waals surface area (Å²) in [5.41, 5.74) is 0. The van der Waals surface area contributed by atoms with E-state index >= 15 is 0 Å². The van der Waals surface area contributed by atoms with Gasteiger partial charge >= 0.3 is 0 Å². The largest absolute Gasteiger partial charge is 0.497 e. The van der Waals surface area contributed by atoms with Gasteiger partial charge in [-0.2, -0.15) is 0 Å². The summed E-state index contributed by atoms with van der Waals surface area (Å²) in [5.74, 6) is 0. The second-order valence-corrected chi connectivity index (χ2v) is 1.41. The lowest BCUT2D eigenvalue weighted by Crippen LogP contribution is -2.17. The first kappa shape index (κ1) is 8.46.